The molecule has 0 fully saturated rings. The van der Waals surface area contributed by atoms with Crippen molar-refractivity contribution in [3.05, 3.63) is 109 Å². The Morgan fingerprint density at radius 3 is 1.74 bits per heavy atom. The minimum Gasteiger partial charge on any atom is -0.292 e. The lowest BCUT2D eigenvalue weighted by atomic mass is 10.1. The molecule has 2 heteroatoms. The molecule has 5 aromatic rings. The number of fused-ring (bicyclic) bond motifs is 1. The van der Waals surface area contributed by atoms with Crippen molar-refractivity contribution in [1.29, 1.82) is 0 Å². The lowest BCUT2D eigenvalue weighted by Gasteiger charge is -2.11. The van der Waals surface area contributed by atoms with Crippen LogP contribution in [0.25, 0.3) is 39.2 Å². The second-order valence-electron chi connectivity index (χ2n) is 6.54. The van der Waals surface area contributed by atoms with Gasteiger partial charge in [0.2, 0.25) is 0 Å². The van der Waals surface area contributed by atoms with Crippen LogP contribution < -0.4 is 0 Å². The molecule has 0 bridgehead atoms. The highest BCUT2D eigenvalue weighted by Crippen LogP contribution is 2.29. The maximum atomic E-state index is 4.90. The first-order valence-electron chi connectivity index (χ1n) is 9.09. The Kier molecular flexibility index (Phi) is 3.80. The lowest BCUT2D eigenvalue weighted by Crippen LogP contribution is -1.97. The van der Waals surface area contributed by atoms with Crippen LogP contribution in [0.4, 0.5) is 0 Å². The number of benzene rings is 4. The summed E-state index contributed by atoms with van der Waals surface area (Å²) in [5, 5.41) is 0. The van der Waals surface area contributed by atoms with Gasteiger partial charge in [0.25, 0.3) is 0 Å². The molecule has 128 valence electrons. The predicted molar refractivity (Wildman–Crippen MR) is 112 cm³/mol. The number of nitrogens with zero attached hydrogens (tertiary/aromatic N) is 2. The Bertz CT molecular complexity index is 1190. The highest BCUT2D eigenvalue weighted by atomic mass is 15.1. The van der Waals surface area contributed by atoms with Gasteiger partial charge in [-0.15, -0.1) is 0 Å². The molecule has 0 aliphatic heterocycles. The molecular formula is C25H18N2. The highest BCUT2D eigenvalue weighted by molar-refractivity contribution is 5.83. The molecule has 2 nitrogen and oxygen atoms in total. The van der Waals surface area contributed by atoms with Gasteiger partial charge in [0, 0.05) is 11.3 Å². The zero-order valence-corrected chi connectivity index (χ0v) is 14.8. The van der Waals surface area contributed by atoms with Crippen LogP contribution >= 0.6 is 0 Å². The molecule has 0 saturated carbocycles. The van der Waals surface area contributed by atoms with Crippen molar-refractivity contribution in [2.24, 2.45) is 0 Å². The van der Waals surface area contributed by atoms with Gasteiger partial charge < -0.3 is 0 Å². The summed E-state index contributed by atoms with van der Waals surface area (Å²) in [4.78, 5) is 4.90. The fourth-order valence-electron chi connectivity index (χ4n) is 3.50. The highest BCUT2D eigenvalue weighted by Gasteiger charge is 2.13. The third kappa shape index (κ3) is 2.81. The number of hydrogen-bond acceptors (Lipinski definition) is 1. The fourth-order valence-corrected chi connectivity index (χ4v) is 3.50. The SMILES string of the molecule is c1ccc(-c2ccc(-n3c(-c4ccccc4)nc4ccccc43)cc2)cc1. The van der Waals surface area contributed by atoms with E-state index >= 15 is 0 Å². The molecule has 0 amide bonds. The topological polar surface area (TPSA) is 17.8 Å². The van der Waals surface area contributed by atoms with Crippen molar-refractivity contribution >= 4 is 11.0 Å². The van der Waals surface area contributed by atoms with Gasteiger partial charge in [-0.25, -0.2) is 4.98 Å². The Morgan fingerprint density at radius 2 is 1.04 bits per heavy atom. The van der Waals surface area contributed by atoms with Crippen molar-refractivity contribution < 1.29 is 0 Å². The van der Waals surface area contributed by atoms with Crippen LogP contribution in [0.3, 0.4) is 0 Å². The van der Waals surface area contributed by atoms with Crippen molar-refractivity contribution in [3.63, 3.8) is 0 Å². The fraction of sp³-hybridized carbons (Fsp3) is 0. The van der Waals surface area contributed by atoms with Crippen LogP contribution in [0.5, 0.6) is 0 Å². The molecule has 0 saturated heterocycles. The molecule has 0 aliphatic rings. The van der Waals surface area contributed by atoms with E-state index in [0.717, 1.165) is 28.1 Å². The predicted octanol–water partition coefficient (Wildman–Crippen LogP) is 6.36. The number of para-hydroxylation sites is 2. The molecule has 1 aromatic heterocycles. The van der Waals surface area contributed by atoms with Crippen molar-refractivity contribution in [1.82, 2.24) is 9.55 Å². The van der Waals surface area contributed by atoms with Gasteiger partial charge >= 0.3 is 0 Å². The summed E-state index contributed by atoms with van der Waals surface area (Å²) in [7, 11) is 0. The molecule has 5 rings (SSSR count). The number of hydrogen-bond donors (Lipinski definition) is 0. The first-order chi connectivity index (χ1) is 13.4. The largest absolute Gasteiger partial charge is 0.292 e. The molecule has 0 atom stereocenters. The Morgan fingerprint density at radius 1 is 0.481 bits per heavy atom. The summed E-state index contributed by atoms with van der Waals surface area (Å²) >= 11 is 0. The summed E-state index contributed by atoms with van der Waals surface area (Å²) < 4.78 is 2.24. The maximum absolute atomic E-state index is 4.90. The van der Waals surface area contributed by atoms with Crippen LogP contribution in [0.1, 0.15) is 0 Å². The summed E-state index contributed by atoms with van der Waals surface area (Å²) in [5.74, 6) is 0.962. The maximum Gasteiger partial charge on any atom is 0.145 e. The summed E-state index contributed by atoms with van der Waals surface area (Å²) in [5.41, 5.74) is 6.78. The van der Waals surface area contributed by atoms with Crippen molar-refractivity contribution in [2.45, 2.75) is 0 Å². The van der Waals surface area contributed by atoms with E-state index in [1.54, 1.807) is 0 Å². The molecule has 4 aromatic carbocycles. The minimum atomic E-state index is 0.962. The van der Waals surface area contributed by atoms with E-state index in [2.05, 4.69) is 95.6 Å². The second-order valence-corrected chi connectivity index (χ2v) is 6.54. The minimum absolute atomic E-state index is 0.962. The lowest BCUT2D eigenvalue weighted by molar-refractivity contribution is 1.10. The molecule has 0 unspecified atom stereocenters. The third-order valence-electron chi connectivity index (χ3n) is 4.83. The van der Waals surface area contributed by atoms with E-state index in [1.165, 1.54) is 11.1 Å². The molecule has 0 N–H and O–H groups in total. The van der Waals surface area contributed by atoms with Gasteiger partial charge in [0.05, 0.1) is 11.0 Å². The first-order valence-corrected chi connectivity index (χ1v) is 9.09. The Hall–Kier alpha value is -3.65. The monoisotopic (exact) mass is 346 g/mol. The smallest absolute Gasteiger partial charge is 0.145 e. The standard InChI is InChI=1S/C25H18N2/c1-3-9-19(10-4-1)20-15-17-22(18-16-20)27-24-14-8-7-13-23(24)26-25(27)21-11-5-2-6-12-21/h1-18H. The van der Waals surface area contributed by atoms with Gasteiger partial charge in [-0.2, -0.15) is 0 Å². The zero-order chi connectivity index (χ0) is 18.1. The molecular weight excluding hydrogens is 328 g/mol. The second kappa shape index (κ2) is 6.58. The van der Waals surface area contributed by atoms with E-state index in [0.29, 0.717) is 0 Å². The van der Waals surface area contributed by atoms with E-state index in [9.17, 15) is 0 Å². The van der Waals surface area contributed by atoms with Crippen LogP contribution in [0, 0.1) is 0 Å². The summed E-state index contributed by atoms with van der Waals surface area (Å²) in [6.45, 7) is 0. The molecule has 0 radical (unpaired) electrons. The van der Waals surface area contributed by atoms with Gasteiger partial charge in [-0.05, 0) is 35.4 Å². The van der Waals surface area contributed by atoms with Crippen molar-refractivity contribution in [3.8, 4) is 28.2 Å². The Balaban J connectivity index is 1.68. The average Bonchev–Trinajstić information content (AvgIpc) is 3.15. The van der Waals surface area contributed by atoms with E-state index in [1.807, 2.05) is 18.2 Å². The third-order valence-corrected chi connectivity index (χ3v) is 4.83. The number of imidazole rings is 1. The number of rotatable bonds is 3. The molecule has 0 spiro atoms. The first kappa shape index (κ1) is 15.6. The quantitative estimate of drug-likeness (QED) is 0.372. The van der Waals surface area contributed by atoms with E-state index in [-0.39, 0.29) is 0 Å². The van der Waals surface area contributed by atoms with Gasteiger partial charge in [0.15, 0.2) is 0 Å². The summed E-state index contributed by atoms with van der Waals surface area (Å²) in [6, 6.07) is 37.8. The zero-order valence-electron chi connectivity index (χ0n) is 14.8. The van der Waals surface area contributed by atoms with Crippen LogP contribution in [-0.2, 0) is 0 Å². The van der Waals surface area contributed by atoms with E-state index in [4.69, 9.17) is 4.98 Å². The number of aromatic nitrogens is 2. The van der Waals surface area contributed by atoms with Crippen LogP contribution in [0.15, 0.2) is 109 Å². The van der Waals surface area contributed by atoms with Gasteiger partial charge in [0.1, 0.15) is 5.82 Å². The molecule has 27 heavy (non-hydrogen) atoms. The normalized spacial score (nSPS) is 11.0. The van der Waals surface area contributed by atoms with Crippen molar-refractivity contribution in [2.75, 3.05) is 0 Å². The average molecular weight is 346 g/mol. The van der Waals surface area contributed by atoms with Crippen LogP contribution in [0.2, 0.25) is 0 Å². The van der Waals surface area contributed by atoms with E-state index < -0.39 is 0 Å². The van der Waals surface area contributed by atoms with Gasteiger partial charge in [-0.1, -0.05) is 84.9 Å². The molecule has 0 aliphatic carbocycles. The Labute approximate surface area is 158 Å². The van der Waals surface area contributed by atoms with Crippen LogP contribution in [-0.4, -0.2) is 9.55 Å². The summed E-state index contributed by atoms with van der Waals surface area (Å²) in [6.07, 6.45) is 0. The molecule has 1 heterocycles. The van der Waals surface area contributed by atoms with Gasteiger partial charge in [-0.3, -0.25) is 4.57 Å².